The van der Waals surface area contributed by atoms with Gasteiger partial charge in [-0.05, 0) is 35.9 Å². The fraction of sp³-hybridized carbons (Fsp3) is 0.294. The van der Waals surface area contributed by atoms with Crippen molar-refractivity contribution in [1.82, 2.24) is 10.3 Å². The summed E-state index contributed by atoms with van der Waals surface area (Å²) in [6, 6.07) is 7.94. The fourth-order valence-electron chi connectivity index (χ4n) is 2.40. The number of nitrogens with zero attached hydrogens (tertiary/aromatic N) is 1. The largest absolute Gasteiger partial charge is 0.397 e. The molecule has 0 spiro atoms. The topological polar surface area (TPSA) is 68.0 Å². The summed E-state index contributed by atoms with van der Waals surface area (Å²) in [5.74, 6) is 0.412. The summed E-state index contributed by atoms with van der Waals surface area (Å²) in [6.07, 6.45) is 0.924. The molecule has 0 saturated carbocycles. The van der Waals surface area contributed by atoms with Crippen LogP contribution in [0, 0.1) is 5.92 Å². The number of nitrogens with two attached hydrogens (primary N) is 1. The summed E-state index contributed by atoms with van der Waals surface area (Å²) in [5, 5.41) is 5.78. The highest BCUT2D eigenvalue weighted by molar-refractivity contribution is 7.21. The molecule has 23 heavy (non-hydrogen) atoms. The summed E-state index contributed by atoms with van der Waals surface area (Å²) >= 11 is 2.99. The highest BCUT2D eigenvalue weighted by Crippen LogP contribution is 2.32. The van der Waals surface area contributed by atoms with E-state index < -0.39 is 0 Å². The number of carbonyl (C=O) groups excluding carboxylic acids is 1. The van der Waals surface area contributed by atoms with Crippen molar-refractivity contribution in [3.63, 3.8) is 0 Å². The summed E-state index contributed by atoms with van der Waals surface area (Å²) in [4.78, 5) is 19.5. The lowest BCUT2D eigenvalue weighted by atomic mass is 10.1. The molecule has 0 fully saturated rings. The molecular formula is C17H19N3OS2. The van der Waals surface area contributed by atoms with Gasteiger partial charge in [-0.1, -0.05) is 19.9 Å². The Morgan fingerprint density at radius 2 is 2.17 bits per heavy atom. The van der Waals surface area contributed by atoms with Gasteiger partial charge in [0, 0.05) is 16.0 Å². The van der Waals surface area contributed by atoms with Crippen LogP contribution in [0.25, 0.3) is 10.2 Å². The number of hydrogen-bond acceptors (Lipinski definition) is 5. The molecular weight excluding hydrogens is 326 g/mol. The Morgan fingerprint density at radius 3 is 2.87 bits per heavy atom. The van der Waals surface area contributed by atoms with Gasteiger partial charge in [0.15, 0.2) is 0 Å². The first kappa shape index (κ1) is 16.0. The van der Waals surface area contributed by atoms with Crippen LogP contribution in [0.2, 0.25) is 0 Å². The van der Waals surface area contributed by atoms with E-state index in [2.05, 4.69) is 24.1 Å². The van der Waals surface area contributed by atoms with E-state index in [-0.39, 0.29) is 5.91 Å². The monoisotopic (exact) mass is 345 g/mol. The molecule has 3 aromatic heterocycles. The van der Waals surface area contributed by atoms with E-state index in [9.17, 15) is 4.79 Å². The number of carbonyl (C=O) groups is 1. The zero-order chi connectivity index (χ0) is 16.4. The Bertz CT molecular complexity index is 822. The van der Waals surface area contributed by atoms with Crippen LogP contribution in [-0.2, 0) is 13.0 Å². The van der Waals surface area contributed by atoms with Crippen molar-refractivity contribution >= 4 is 44.5 Å². The third kappa shape index (κ3) is 3.54. The van der Waals surface area contributed by atoms with Crippen molar-refractivity contribution in [2.45, 2.75) is 26.8 Å². The van der Waals surface area contributed by atoms with E-state index in [4.69, 9.17) is 5.73 Å². The lowest BCUT2D eigenvalue weighted by molar-refractivity contribution is 0.0956. The minimum Gasteiger partial charge on any atom is -0.397 e. The second-order valence-electron chi connectivity index (χ2n) is 5.86. The average Bonchev–Trinajstić information content (AvgIpc) is 3.12. The van der Waals surface area contributed by atoms with E-state index in [1.807, 2.05) is 29.6 Å². The number of pyridine rings is 1. The second-order valence-corrected chi connectivity index (χ2v) is 7.89. The number of nitrogens with one attached hydrogen (secondary N) is 1. The van der Waals surface area contributed by atoms with Crippen molar-refractivity contribution in [2.75, 3.05) is 5.73 Å². The predicted octanol–water partition coefficient (Wildman–Crippen LogP) is 4.07. The van der Waals surface area contributed by atoms with Gasteiger partial charge in [0.2, 0.25) is 0 Å². The first-order chi connectivity index (χ1) is 11.0. The Labute approximate surface area is 143 Å². The fourth-order valence-corrected chi connectivity index (χ4v) is 4.07. The summed E-state index contributed by atoms with van der Waals surface area (Å²) < 4.78 is 0. The van der Waals surface area contributed by atoms with Crippen LogP contribution in [0.5, 0.6) is 0 Å². The van der Waals surface area contributed by atoms with Gasteiger partial charge in [-0.15, -0.1) is 22.7 Å². The van der Waals surface area contributed by atoms with Gasteiger partial charge < -0.3 is 11.1 Å². The molecule has 0 atom stereocenters. The van der Waals surface area contributed by atoms with E-state index in [1.165, 1.54) is 11.3 Å². The van der Waals surface area contributed by atoms with Crippen molar-refractivity contribution < 1.29 is 4.79 Å². The van der Waals surface area contributed by atoms with Gasteiger partial charge in [-0.3, -0.25) is 4.79 Å². The van der Waals surface area contributed by atoms with Crippen LogP contribution in [-0.4, -0.2) is 10.9 Å². The molecule has 0 saturated heterocycles. The first-order valence-corrected chi connectivity index (χ1v) is 9.22. The molecule has 0 radical (unpaired) electrons. The minimum atomic E-state index is -0.135. The van der Waals surface area contributed by atoms with Gasteiger partial charge in [0.05, 0.1) is 12.2 Å². The Hall–Kier alpha value is -1.92. The molecule has 3 heterocycles. The lowest BCUT2D eigenvalue weighted by Crippen LogP contribution is -2.22. The number of amides is 1. The maximum absolute atomic E-state index is 12.4. The standard InChI is InChI=1S/C17H19N3OS2/c1-10(2)8-11-5-6-13-14(18)15(23-17(13)20-11)16(21)19-9-12-4-3-7-22-12/h3-7,10H,8-9,18H2,1-2H3,(H,19,21). The Kier molecular flexibility index (Phi) is 4.63. The van der Waals surface area contributed by atoms with Crippen LogP contribution in [0.4, 0.5) is 5.69 Å². The molecule has 3 N–H and O–H groups in total. The van der Waals surface area contributed by atoms with E-state index in [0.29, 0.717) is 23.0 Å². The van der Waals surface area contributed by atoms with Gasteiger partial charge in [0.25, 0.3) is 5.91 Å². The van der Waals surface area contributed by atoms with Gasteiger partial charge in [-0.2, -0.15) is 0 Å². The predicted molar refractivity (Wildman–Crippen MR) is 98.1 cm³/mol. The number of fused-ring (bicyclic) bond motifs is 1. The molecule has 0 unspecified atom stereocenters. The smallest absolute Gasteiger partial charge is 0.263 e. The van der Waals surface area contributed by atoms with Gasteiger partial charge in [0.1, 0.15) is 9.71 Å². The SMILES string of the molecule is CC(C)Cc1ccc2c(N)c(C(=O)NCc3cccs3)sc2n1. The number of thiophene rings is 2. The summed E-state index contributed by atoms with van der Waals surface area (Å²) in [5.41, 5.74) is 7.72. The van der Waals surface area contributed by atoms with Crippen LogP contribution >= 0.6 is 22.7 Å². The second kappa shape index (κ2) is 6.68. The zero-order valence-electron chi connectivity index (χ0n) is 13.1. The van der Waals surface area contributed by atoms with E-state index in [0.717, 1.165) is 27.2 Å². The van der Waals surface area contributed by atoms with Crippen LogP contribution < -0.4 is 11.1 Å². The number of rotatable bonds is 5. The molecule has 4 nitrogen and oxygen atoms in total. The molecule has 6 heteroatoms. The first-order valence-electron chi connectivity index (χ1n) is 7.53. The molecule has 3 aromatic rings. The van der Waals surface area contributed by atoms with Gasteiger partial charge >= 0.3 is 0 Å². The maximum atomic E-state index is 12.4. The summed E-state index contributed by atoms with van der Waals surface area (Å²) in [7, 11) is 0. The number of anilines is 1. The van der Waals surface area contributed by atoms with Crippen LogP contribution in [0.15, 0.2) is 29.6 Å². The molecule has 0 aliphatic heterocycles. The van der Waals surface area contributed by atoms with Crippen molar-refractivity contribution in [2.24, 2.45) is 5.92 Å². The van der Waals surface area contributed by atoms with Crippen molar-refractivity contribution in [3.8, 4) is 0 Å². The lowest BCUT2D eigenvalue weighted by Gasteiger charge is -2.03. The Balaban J connectivity index is 1.82. The maximum Gasteiger partial charge on any atom is 0.263 e. The molecule has 0 aliphatic rings. The van der Waals surface area contributed by atoms with Crippen molar-refractivity contribution in [3.05, 3.63) is 45.1 Å². The highest BCUT2D eigenvalue weighted by atomic mass is 32.1. The third-order valence-corrected chi connectivity index (χ3v) is 5.47. The molecule has 1 amide bonds. The molecule has 0 bridgehead atoms. The molecule has 3 rings (SSSR count). The third-order valence-electron chi connectivity index (χ3n) is 3.48. The molecule has 0 aromatic carbocycles. The van der Waals surface area contributed by atoms with Crippen LogP contribution in [0.3, 0.4) is 0 Å². The highest BCUT2D eigenvalue weighted by Gasteiger charge is 2.17. The zero-order valence-corrected chi connectivity index (χ0v) is 14.8. The number of nitrogen functional groups attached to an aromatic ring is 1. The quantitative estimate of drug-likeness (QED) is 0.732. The number of hydrogen-bond donors (Lipinski definition) is 2. The summed E-state index contributed by atoms with van der Waals surface area (Å²) in [6.45, 7) is 4.85. The molecule has 120 valence electrons. The average molecular weight is 345 g/mol. The number of aromatic nitrogens is 1. The van der Waals surface area contributed by atoms with E-state index >= 15 is 0 Å². The van der Waals surface area contributed by atoms with E-state index in [1.54, 1.807) is 11.3 Å². The minimum absolute atomic E-state index is 0.135. The van der Waals surface area contributed by atoms with Crippen LogP contribution in [0.1, 0.15) is 34.1 Å². The van der Waals surface area contributed by atoms with Crippen molar-refractivity contribution in [1.29, 1.82) is 0 Å². The molecule has 0 aliphatic carbocycles. The normalized spacial score (nSPS) is 11.3. The van der Waals surface area contributed by atoms with Gasteiger partial charge in [-0.25, -0.2) is 4.98 Å². The Morgan fingerprint density at radius 1 is 1.35 bits per heavy atom.